The van der Waals surface area contributed by atoms with Gasteiger partial charge in [0.05, 0.1) is 11.8 Å². The van der Waals surface area contributed by atoms with Crippen molar-refractivity contribution >= 4 is 5.82 Å². The lowest BCUT2D eigenvalue weighted by Crippen LogP contribution is -2.39. The van der Waals surface area contributed by atoms with Gasteiger partial charge < -0.3 is 10.0 Å². The number of rotatable bonds is 4. The van der Waals surface area contributed by atoms with Gasteiger partial charge in [-0.2, -0.15) is 5.26 Å². The summed E-state index contributed by atoms with van der Waals surface area (Å²) < 4.78 is 0. The van der Waals surface area contributed by atoms with Crippen LogP contribution in [0.2, 0.25) is 0 Å². The van der Waals surface area contributed by atoms with E-state index in [-0.39, 0.29) is 0 Å². The molecule has 1 aromatic rings. The molecule has 92 valence electrons. The van der Waals surface area contributed by atoms with Crippen molar-refractivity contribution in [2.45, 2.75) is 33.3 Å². The summed E-state index contributed by atoms with van der Waals surface area (Å²) in [4.78, 5) is 10.2. The maximum Gasteiger partial charge on any atom is 0.150 e. The third-order valence-electron chi connectivity index (χ3n) is 2.27. The molecule has 0 spiro atoms. The van der Waals surface area contributed by atoms with Gasteiger partial charge in [-0.25, -0.2) is 9.97 Å². The van der Waals surface area contributed by atoms with E-state index in [0.717, 1.165) is 0 Å². The zero-order chi connectivity index (χ0) is 13.1. The van der Waals surface area contributed by atoms with Crippen LogP contribution in [0.1, 0.15) is 32.2 Å². The second kappa shape index (κ2) is 5.11. The summed E-state index contributed by atoms with van der Waals surface area (Å²) >= 11 is 0. The molecule has 17 heavy (non-hydrogen) atoms. The molecule has 0 unspecified atom stereocenters. The summed E-state index contributed by atoms with van der Waals surface area (Å²) in [5, 5.41) is 18.9. The molecule has 1 aromatic heterocycles. The number of likely N-dealkylation sites (N-methyl/N-ethyl adjacent to an activating group) is 1. The number of hydrogen-bond donors (Lipinski definition) is 1. The van der Waals surface area contributed by atoms with Gasteiger partial charge in [-0.15, -0.1) is 0 Å². The molecular formula is C12H18N4O. The fourth-order valence-corrected chi connectivity index (χ4v) is 1.58. The number of nitriles is 1. The second-order valence-corrected chi connectivity index (χ2v) is 4.59. The number of hydrogen-bond acceptors (Lipinski definition) is 5. The summed E-state index contributed by atoms with van der Waals surface area (Å²) in [7, 11) is 0. The van der Waals surface area contributed by atoms with Crippen molar-refractivity contribution in [2.75, 3.05) is 18.0 Å². The molecule has 0 saturated heterocycles. The van der Waals surface area contributed by atoms with Crippen LogP contribution in [-0.4, -0.2) is 33.8 Å². The standard InChI is InChI=1S/C12H18N4O/c1-5-16(8-12(3,4)17)11-10(6-13)7-14-9(2)15-11/h7,17H,5,8H2,1-4H3. The van der Waals surface area contributed by atoms with Gasteiger partial charge >= 0.3 is 0 Å². The van der Waals surface area contributed by atoms with Crippen molar-refractivity contribution < 1.29 is 5.11 Å². The van der Waals surface area contributed by atoms with Crippen LogP contribution >= 0.6 is 0 Å². The monoisotopic (exact) mass is 234 g/mol. The number of aryl methyl sites for hydroxylation is 1. The van der Waals surface area contributed by atoms with Gasteiger partial charge in [0.1, 0.15) is 23.3 Å². The normalized spacial score (nSPS) is 11.1. The van der Waals surface area contributed by atoms with Crippen LogP contribution in [0.4, 0.5) is 5.82 Å². The third kappa shape index (κ3) is 3.68. The highest BCUT2D eigenvalue weighted by molar-refractivity contribution is 5.52. The lowest BCUT2D eigenvalue weighted by Gasteiger charge is -2.29. The van der Waals surface area contributed by atoms with E-state index in [4.69, 9.17) is 5.26 Å². The van der Waals surface area contributed by atoms with E-state index in [2.05, 4.69) is 16.0 Å². The van der Waals surface area contributed by atoms with Gasteiger partial charge in [-0.1, -0.05) is 0 Å². The van der Waals surface area contributed by atoms with E-state index in [1.165, 1.54) is 6.20 Å². The number of nitrogens with zero attached hydrogens (tertiary/aromatic N) is 4. The predicted molar refractivity (Wildman–Crippen MR) is 65.7 cm³/mol. The smallest absolute Gasteiger partial charge is 0.150 e. The first-order chi connectivity index (χ1) is 7.87. The molecule has 0 fully saturated rings. The minimum Gasteiger partial charge on any atom is -0.389 e. The van der Waals surface area contributed by atoms with Gasteiger partial charge in [0, 0.05) is 13.1 Å². The van der Waals surface area contributed by atoms with Crippen molar-refractivity contribution in [3.63, 3.8) is 0 Å². The van der Waals surface area contributed by atoms with Crippen LogP contribution in [-0.2, 0) is 0 Å². The Morgan fingerprint density at radius 2 is 2.18 bits per heavy atom. The van der Waals surface area contributed by atoms with E-state index in [1.54, 1.807) is 20.8 Å². The number of aliphatic hydroxyl groups is 1. The van der Waals surface area contributed by atoms with Crippen LogP contribution in [0.3, 0.4) is 0 Å². The fraction of sp³-hybridized carbons (Fsp3) is 0.583. The molecule has 1 N–H and O–H groups in total. The summed E-state index contributed by atoms with van der Waals surface area (Å²) in [6.07, 6.45) is 1.52. The summed E-state index contributed by atoms with van der Waals surface area (Å²) in [5.74, 6) is 1.21. The summed E-state index contributed by atoms with van der Waals surface area (Å²) in [6, 6.07) is 2.08. The van der Waals surface area contributed by atoms with Gasteiger partial charge in [-0.05, 0) is 27.7 Å². The molecule has 0 saturated carbocycles. The fourth-order valence-electron chi connectivity index (χ4n) is 1.58. The van der Waals surface area contributed by atoms with Gasteiger partial charge in [-0.3, -0.25) is 0 Å². The Balaban J connectivity index is 3.11. The molecule has 0 bridgehead atoms. The zero-order valence-corrected chi connectivity index (χ0v) is 10.7. The van der Waals surface area contributed by atoms with Crippen molar-refractivity contribution in [1.82, 2.24) is 9.97 Å². The Morgan fingerprint density at radius 1 is 1.53 bits per heavy atom. The predicted octanol–water partition coefficient (Wildman–Crippen LogP) is 1.25. The van der Waals surface area contributed by atoms with E-state index in [1.807, 2.05) is 11.8 Å². The molecule has 0 amide bonds. The lowest BCUT2D eigenvalue weighted by molar-refractivity contribution is 0.0874. The Hall–Kier alpha value is -1.67. The molecule has 0 radical (unpaired) electrons. The highest BCUT2D eigenvalue weighted by atomic mass is 16.3. The summed E-state index contributed by atoms with van der Waals surface area (Å²) in [5.41, 5.74) is -0.400. The Bertz CT molecular complexity index is 431. The van der Waals surface area contributed by atoms with Crippen LogP contribution in [0.25, 0.3) is 0 Å². The van der Waals surface area contributed by atoms with E-state index in [0.29, 0.717) is 30.3 Å². The molecule has 0 aliphatic heterocycles. The molecule has 5 nitrogen and oxygen atoms in total. The quantitative estimate of drug-likeness (QED) is 0.848. The van der Waals surface area contributed by atoms with Gasteiger partial charge in [0.2, 0.25) is 0 Å². The first kappa shape index (κ1) is 13.4. The first-order valence-corrected chi connectivity index (χ1v) is 5.58. The second-order valence-electron chi connectivity index (χ2n) is 4.59. The molecule has 5 heteroatoms. The SMILES string of the molecule is CCN(CC(C)(C)O)c1nc(C)ncc1C#N. The highest BCUT2D eigenvalue weighted by Crippen LogP contribution is 2.18. The largest absolute Gasteiger partial charge is 0.389 e. The Labute approximate surface area is 102 Å². The van der Waals surface area contributed by atoms with Gasteiger partial charge in [0.15, 0.2) is 0 Å². The van der Waals surface area contributed by atoms with Crippen molar-refractivity contribution in [2.24, 2.45) is 0 Å². The van der Waals surface area contributed by atoms with Crippen molar-refractivity contribution in [3.05, 3.63) is 17.6 Å². The number of anilines is 1. The molecule has 0 atom stereocenters. The average molecular weight is 234 g/mol. The molecule has 1 heterocycles. The van der Waals surface area contributed by atoms with Crippen molar-refractivity contribution in [1.29, 1.82) is 5.26 Å². The minimum absolute atomic E-state index is 0.425. The van der Waals surface area contributed by atoms with Crippen LogP contribution in [0.5, 0.6) is 0 Å². The van der Waals surface area contributed by atoms with Crippen LogP contribution < -0.4 is 4.90 Å². The van der Waals surface area contributed by atoms with E-state index < -0.39 is 5.60 Å². The summed E-state index contributed by atoms with van der Waals surface area (Å²) in [6.45, 7) is 8.31. The molecule has 1 rings (SSSR count). The molecule has 0 aliphatic rings. The lowest BCUT2D eigenvalue weighted by atomic mass is 10.1. The third-order valence-corrected chi connectivity index (χ3v) is 2.27. The van der Waals surface area contributed by atoms with Crippen LogP contribution in [0, 0.1) is 18.3 Å². The zero-order valence-electron chi connectivity index (χ0n) is 10.7. The maximum absolute atomic E-state index is 9.85. The molecule has 0 aromatic carbocycles. The Kier molecular flexibility index (Phi) is 4.02. The minimum atomic E-state index is -0.832. The first-order valence-electron chi connectivity index (χ1n) is 5.58. The average Bonchev–Trinajstić information content (AvgIpc) is 2.24. The molecule has 0 aliphatic carbocycles. The van der Waals surface area contributed by atoms with Crippen molar-refractivity contribution in [3.8, 4) is 6.07 Å². The Morgan fingerprint density at radius 3 is 2.65 bits per heavy atom. The highest BCUT2D eigenvalue weighted by Gasteiger charge is 2.20. The van der Waals surface area contributed by atoms with Crippen LogP contribution in [0.15, 0.2) is 6.20 Å². The maximum atomic E-state index is 9.85. The van der Waals surface area contributed by atoms with Gasteiger partial charge in [0.25, 0.3) is 0 Å². The molecular weight excluding hydrogens is 216 g/mol. The number of aromatic nitrogens is 2. The van der Waals surface area contributed by atoms with E-state index >= 15 is 0 Å². The van der Waals surface area contributed by atoms with E-state index in [9.17, 15) is 5.11 Å². The topological polar surface area (TPSA) is 73.0 Å².